The number of nitrogens with zero attached hydrogens (tertiary/aromatic N) is 3. The molecule has 0 radical (unpaired) electrons. The van der Waals surface area contributed by atoms with Gasteiger partial charge in [0.15, 0.2) is 0 Å². The lowest BCUT2D eigenvalue weighted by molar-refractivity contribution is -0.133. The van der Waals surface area contributed by atoms with Gasteiger partial charge in [0.1, 0.15) is 17.3 Å². The summed E-state index contributed by atoms with van der Waals surface area (Å²) in [5, 5.41) is 4.02. The average Bonchev–Trinajstić information content (AvgIpc) is 3.28. The third-order valence-electron chi connectivity index (χ3n) is 6.43. The van der Waals surface area contributed by atoms with E-state index >= 15 is 0 Å². The van der Waals surface area contributed by atoms with Gasteiger partial charge in [-0.2, -0.15) is 0 Å². The lowest BCUT2D eigenvalue weighted by Gasteiger charge is -2.45. The first-order valence-corrected chi connectivity index (χ1v) is 9.89. The van der Waals surface area contributed by atoms with Crippen LogP contribution in [0, 0.1) is 27.7 Å². The quantitative estimate of drug-likeness (QED) is 0.810. The van der Waals surface area contributed by atoms with Crippen LogP contribution in [0.25, 0.3) is 0 Å². The average molecular weight is 385 g/mol. The van der Waals surface area contributed by atoms with E-state index in [1.54, 1.807) is 0 Å². The fraction of sp³-hybridized carbons (Fsp3) is 0.571. The van der Waals surface area contributed by atoms with Crippen molar-refractivity contribution in [2.24, 2.45) is 0 Å². The molecule has 7 nitrogen and oxygen atoms in total. The molecule has 4 heterocycles. The normalized spacial score (nSPS) is 19.1. The van der Waals surface area contributed by atoms with E-state index in [0.29, 0.717) is 37.4 Å². The second-order valence-electron chi connectivity index (χ2n) is 8.13. The Morgan fingerprint density at radius 3 is 2.43 bits per heavy atom. The predicted molar refractivity (Wildman–Crippen MR) is 102 cm³/mol. The topological polar surface area (TPSA) is 79.8 Å². The number of hydrogen-bond donors (Lipinski definition) is 0. The van der Waals surface area contributed by atoms with E-state index in [0.717, 1.165) is 42.0 Å². The number of aryl methyl sites for hydroxylation is 4. The molecule has 28 heavy (non-hydrogen) atoms. The SMILES string of the molecule is Cc1cc(C(=O)N2CCC3(CCC(=O)N3Cc3c(C)noc3C)CC2)c(C)o1. The Kier molecular flexibility index (Phi) is 4.56. The van der Waals surface area contributed by atoms with Crippen LogP contribution in [0.15, 0.2) is 15.0 Å². The van der Waals surface area contributed by atoms with Gasteiger partial charge in [0.05, 0.1) is 17.8 Å². The largest absolute Gasteiger partial charge is 0.466 e. The minimum Gasteiger partial charge on any atom is -0.466 e. The van der Waals surface area contributed by atoms with Gasteiger partial charge in [0, 0.05) is 30.6 Å². The van der Waals surface area contributed by atoms with E-state index in [1.807, 2.05) is 43.6 Å². The first-order chi connectivity index (χ1) is 13.3. The Bertz CT molecular complexity index is 899. The fourth-order valence-corrected chi connectivity index (χ4v) is 4.68. The van der Waals surface area contributed by atoms with Gasteiger partial charge in [-0.3, -0.25) is 9.59 Å². The van der Waals surface area contributed by atoms with Crippen LogP contribution < -0.4 is 0 Å². The van der Waals surface area contributed by atoms with Crippen LogP contribution in [0.1, 0.15) is 64.6 Å². The van der Waals surface area contributed by atoms with Crippen LogP contribution in [0.5, 0.6) is 0 Å². The van der Waals surface area contributed by atoms with Crippen molar-refractivity contribution in [3.05, 3.63) is 40.2 Å². The lowest BCUT2D eigenvalue weighted by atomic mass is 9.84. The molecule has 150 valence electrons. The van der Waals surface area contributed by atoms with Crippen molar-refractivity contribution < 1.29 is 18.5 Å². The highest BCUT2D eigenvalue weighted by Gasteiger charge is 2.47. The second-order valence-corrected chi connectivity index (χ2v) is 8.13. The van der Waals surface area contributed by atoms with Crippen molar-refractivity contribution in [1.29, 1.82) is 0 Å². The zero-order valence-electron chi connectivity index (χ0n) is 17.0. The van der Waals surface area contributed by atoms with Crippen LogP contribution in [0.2, 0.25) is 0 Å². The van der Waals surface area contributed by atoms with Gasteiger partial charge >= 0.3 is 0 Å². The number of carbonyl (C=O) groups excluding carboxylic acids is 2. The van der Waals surface area contributed by atoms with Crippen molar-refractivity contribution in [2.75, 3.05) is 13.1 Å². The summed E-state index contributed by atoms with van der Waals surface area (Å²) in [5.41, 5.74) is 2.30. The summed E-state index contributed by atoms with van der Waals surface area (Å²) in [6, 6.07) is 1.81. The minimum absolute atomic E-state index is 0.0193. The highest BCUT2D eigenvalue weighted by molar-refractivity contribution is 5.95. The number of amides is 2. The highest BCUT2D eigenvalue weighted by atomic mass is 16.5. The maximum absolute atomic E-state index is 12.9. The fourth-order valence-electron chi connectivity index (χ4n) is 4.68. The van der Waals surface area contributed by atoms with E-state index in [4.69, 9.17) is 8.94 Å². The van der Waals surface area contributed by atoms with E-state index in [1.165, 1.54) is 0 Å². The van der Waals surface area contributed by atoms with Gasteiger partial charge in [-0.15, -0.1) is 0 Å². The summed E-state index contributed by atoms with van der Waals surface area (Å²) in [4.78, 5) is 29.5. The summed E-state index contributed by atoms with van der Waals surface area (Å²) < 4.78 is 10.8. The standard InChI is InChI=1S/C21H27N3O4/c1-13-11-17(15(3)27-13)20(26)23-9-7-21(8-10-23)6-5-19(25)24(21)12-18-14(2)22-28-16(18)4/h11H,5-10,12H2,1-4H3. The zero-order valence-corrected chi connectivity index (χ0v) is 17.0. The van der Waals surface area contributed by atoms with Gasteiger partial charge in [0.2, 0.25) is 5.91 Å². The molecular formula is C21H27N3O4. The third-order valence-corrected chi connectivity index (χ3v) is 6.43. The molecule has 0 aliphatic carbocycles. The Morgan fingerprint density at radius 2 is 1.86 bits per heavy atom. The second kappa shape index (κ2) is 6.79. The molecule has 2 saturated heterocycles. The molecule has 0 atom stereocenters. The summed E-state index contributed by atoms with van der Waals surface area (Å²) >= 11 is 0. The highest BCUT2D eigenvalue weighted by Crippen LogP contribution is 2.41. The molecule has 0 N–H and O–H groups in total. The van der Waals surface area contributed by atoms with Gasteiger partial charge in [0.25, 0.3) is 5.91 Å². The van der Waals surface area contributed by atoms with Crippen LogP contribution in [-0.2, 0) is 11.3 Å². The Balaban J connectivity index is 1.49. The van der Waals surface area contributed by atoms with Crippen LogP contribution >= 0.6 is 0 Å². The number of hydrogen-bond acceptors (Lipinski definition) is 5. The number of furan rings is 1. The first-order valence-electron chi connectivity index (χ1n) is 9.89. The number of piperidine rings is 1. The summed E-state index contributed by atoms with van der Waals surface area (Å²) in [5.74, 6) is 2.39. The van der Waals surface area contributed by atoms with E-state index in [9.17, 15) is 9.59 Å². The Labute approximate surface area is 164 Å². The molecule has 0 unspecified atom stereocenters. The van der Waals surface area contributed by atoms with Gasteiger partial charge in [-0.05, 0) is 53.0 Å². The molecule has 2 aromatic rings. The molecule has 4 rings (SSSR count). The number of carbonyl (C=O) groups is 2. The maximum atomic E-state index is 12.9. The van der Waals surface area contributed by atoms with Crippen molar-refractivity contribution in [3.63, 3.8) is 0 Å². The van der Waals surface area contributed by atoms with Crippen molar-refractivity contribution in [2.45, 2.75) is 65.5 Å². The first kappa shape index (κ1) is 18.8. The third kappa shape index (κ3) is 3.02. The van der Waals surface area contributed by atoms with Gasteiger partial charge < -0.3 is 18.7 Å². The summed E-state index contributed by atoms with van der Waals surface area (Å²) in [7, 11) is 0. The van der Waals surface area contributed by atoms with E-state index in [2.05, 4.69) is 5.16 Å². The van der Waals surface area contributed by atoms with Crippen molar-refractivity contribution in [1.82, 2.24) is 15.0 Å². The molecule has 2 amide bonds. The minimum atomic E-state index is -0.175. The molecule has 2 aliphatic heterocycles. The molecule has 1 spiro atoms. The number of rotatable bonds is 3. The number of aromatic nitrogens is 1. The van der Waals surface area contributed by atoms with Crippen molar-refractivity contribution in [3.8, 4) is 0 Å². The molecule has 7 heteroatoms. The molecule has 0 bridgehead atoms. The Hall–Kier alpha value is -2.57. The molecular weight excluding hydrogens is 358 g/mol. The van der Waals surface area contributed by atoms with Crippen LogP contribution in [0.4, 0.5) is 0 Å². The molecule has 2 fully saturated rings. The van der Waals surface area contributed by atoms with E-state index < -0.39 is 0 Å². The van der Waals surface area contributed by atoms with Gasteiger partial charge in [-0.25, -0.2) is 0 Å². The summed E-state index contributed by atoms with van der Waals surface area (Å²) in [6.07, 6.45) is 3.01. The van der Waals surface area contributed by atoms with Crippen LogP contribution in [0.3, 0.4) is 0 Å². The molecule has 0 saturated carbocycles. The molecule has 2 aliphatic rings. The molecule has 0 aromatic carbocycles. The van der Waals surface area contributed by atoms with Crippen molar-refractivity contribution >= 4 is 11.8 Å². The maximum Gasteiger partial charge on any atom is 0.257 e. The number of likely N-dealkylation sites (tertiary alicyclic amines) is 2. The smallest absolute Gasteiger partial charge is 0.257 e. The zero-order chi connectivity index (χ0) is 20.1. The van der Waals surface area contributed by atoms with E-state index in [-0.39, 0.29) is 17.4 Å². The molecule has 2 aromatic heterocycles. The van der Waals surface area contributed by atoms with Crippen LogP contribution in [-0.4, -0.2) is 45.4 Å². The predicted octanol–water partition coefficient (Wildman–Crippen LogP) is 3.30. The summed E-state index contributed by atoms with van der Waals surface area (Å²) in [6.45, 7) is 9.31. The lowest BCUT2D eigenvalue weighted by Crippen LogP contribution is -2.53. The van der Waals surface area contributed by atoms with Gasteiger partial charge in [-0.1, -0.05) is 5.16 Å². The monoisotopic (exact) mass is 385 g/mol. The Morgan fingerprint density at radius 1 is 1.14 bits per heavy atom.